The lowest BCUT2D eigenvalue weighted by atomic mass is 10.0. The van der Waals surface area contributed by atoms with Gasteiger partial charge in [-0.05, 0) is 13.3 Å². The van der Waals surface area contributed by atoms with Crippen LogP contribution in [0.4, 0.5) is 4.79 Å². The Morgan fingerprint density at radius 1 is 1.67 bits per heavy atom. The SMILES string of the molecule is CC1(NCCN2CCNC2=O)CCOC1. The topological polar surface area (TPSA) is 53.6 Å². The number of carbonyl (C=O) groups excluding carboxylic acids is 1. The van der Waals surface area contributed by atoms with Gasteiger partial charge in [-0.3, -0.25) is 0 Å². The first-order valence-corrected chi connectivity index (χ1v) is 5.55. The summed E-state index contributed by atoms with van der Waals surface area (Å²) < 4.78 is 5.35. The number of amides is 2. The predicted molar refractivity (Wildman–Crippen MR) is 56.8 cm³/mol. The van der Waals surface area contributed by atoms with Crippen molar-refractivity contribution >= 4 is 6.03 Å². The molecule has 1 atom stereocenters. The molecule has 86 valence electrons. The van der Waals surface area contributed by atoms with E-state index in [9.17, 15) is 4.79 Å². The van der Waals surface area contributed by atoms with E-state index in [0.29, 0.717) is 0 Å². The number of ether oxygens (including phenoxy) is 1. The normalized spacial score (nSPS) is 31.0. The average Bonchev–Trinajstić information content (AvgIpc) is 2.78. The molecule has 0 aliphatic carbocycles. The van der Waals surface area contributed by atoms with Crippen LogP contribution in [0.2, 0.25) is 0 Å². The summed E-state index contributed by atoms with van der Waals surface area (Å²) in [6.07, 6.45) is 1.05. The molecule has 2 aliphatic heterocycles. The zero-order valence-corrected chi connectivity index (χ0v) is 9.21. The first-order valence-electron chi connectivity index (χ1n) is 5.55. The molecule has 0 saturated carbocycles. The minimum absolute atomic E-state index is 0.0598. The monoisotopic (exact) mass is 213 g/mol. The van der Waals surface area contributed by atoms with Gasteiger partial charge in [-0.15, -0.1) is 0 Å². The molecule has 2 heterocycles. The van der Waals surface area contributed by atoms with Crippen LogP contribution in [0.25, 0.3) is 0 Å². The third kappa shape index (κ3) is 2.60. The Hall–Kier alpha value is -0.810. The lowest BCUT2D eigenvalue weighted by Gasteiger charge is -2.25. The van der Waals surface area contributed by atoms with Crippen LogP contribution >= 0.6 is 0 Å². The van der Waals surface area contributed by atoms with Crippen LogP contribution in [0, 0.1) is 0 Å². The molecule has 0 aromatic rings. The van der Waals surface area contributed by atoms with Crippen molar-refractivity contribution in [2.75, 3.05) is 39.4 Å². The molecule has 0 bridgehead atoms. The maximum Gasteiger partial charge on any atom is 0.317 e. The fourth-order valence-electron chi connectivity index (χ4n) is 2.02. The molecule has 1 unspecified atom stereocenters. The van der Waals surface area contributed by atoms with Crippen LogP contribution in [0.3, 0.4) is 0 Å². The Labute approximate surface area is 90.1 Å². The average molecular weight is 213 g/mol. The number of nitrogens with zero attached hydrogens (tertiary/aromatic N) is 1. The Kier molecular flexibility index (Phi) is 3.11. The number of rotatable bonds is 4. The Morgan fingerprint density at radius 2 is 2.53 bits per heavy atom. The van der Waals surface area contributed by atoms with Gasteiger partial charge in [0, 0.05) is 38.3 Å². The lowest BCUT2D eigenvalue weighted by molar-refractivity contribution is 0.170. The van der Waals surface area contributed by atoms with E-state index in [4.69, 9.17) is 4.74 Å². The van der Waals surface area contributed by atoms with Crippen LogP contribution in [0.5, 0.6) is 0 Å². The van der Waals surface area contributed by atoms with E-state index in [1.165, 1.54) is 0 Å². The minimum atomic E-state index is 0.0598. The molecular weight excluding hydrogens is 194 g/mol. The summed E-state index contributed by atoms with van der Waals surface area (Å²) >= 11 is 0. The van der Waals surface area contributed by atoms with Gasteiger partial charge in [0.15, 0.2) is 0 Å². The molecule has 0 spiro atoms. The fourth-order valence-corrected chi connectivity index (χ4v) is 2.02. The van der Waals surface area contributed by atoms with Gasteiger partial charge in [-0.1, -0.05) is 0 Å². The molecule has 2 amide bonds. The van der Waals surface area contributed by atoms with E-state index >= 15 is 0 Å². The predicted octanol–water partition coefficient (Wildman–Crippen LogP) is -0.220. The number of hydrogen-bond donors (Lipinski definition) is 2. The highest BCUT2D eigenvalue weighted by molar-refractivity contribution is 5.76. The van der Waals surface area contributed by atoms with E-state index in [2.05, 4.69) is 17.6 Å². The number of carbonyl (C=O) groups is 1. The molecule has 2 aliphatic rings. The number of nitrogens with one attached hydrogen (secondary N) is 2. The number of urea groups is 1. The van der Waals surface area contributed by atoms with Crippen molar-refractivity contribution in [3.8, 4) is 0 Å². The van der Waals surface area contributed by atoms with Crippen molar-refractivity contribution in [3.63, 3.8) is 0 Å². The second-order valence-electron chi connectivity index (χ2n) is 4.51. The summed E-state index contributed by atoms with van der Waals surface area (Å²) in [6.45, 7) is 7.01. The minimum Gasteiger partial charge on any atom is -0.379 e. The summed E-state index contributed by atoms with van der Waals surface area (Å²) in [4.78, 5) is 13.1. The fraction of sp³-hybridized carbons (Fsp3) is 0.900. The van der Waals surface area contributed by atoms with Crippen molar-refractivity contribution in [3.05, 3.63) is 0 Å². The van der Waals surface area contributed by atoms with Gasteiger partial charge >= 0.3 is 6.03 Å². The van der Waals surface area contributed by atoms with E-state index in [-0.39, 0.29) is 11.6 Å². The van der Waals surface area contributed by atoms with Gasteiger partial charge in [0.05, 0.1) is 6.61 Å². The van der Waals surface area contributed by atoms with Crippen LogP contribution in [0.1, 0.15) is 13.3 Å². The summed E-state index contributed by atoms with van der Waals surface area (Å²) in [5.74, 6) is 0. The zero-order chi connectivity index (χ0) is 10.7. The zero-order valence-electron chi connectivity index (χ0n) is 9.21. The second-order valence-corrected chi connectivity index (χ2v) is 4.51. The van der Waals surface area contributed by atoms with Gasteiger partial charge in [0.25, 0.3) is 0 Å². The molecule has 0 radical (unpaired) electrons. The van der Waals surface area contributed by atoms with E-state index < -0.39 is 0 Å². The van der Waals surface area contributed by atoms with E-state index in [1.807, 2.05) is 4.90 Å². The molecular formula is C10H19N3O2. The first-order chi connectivity index (χ1) is 7.20. The lowest BCUT2D eigenvalue weighted by Crippen LogP contribution is -2.46. The quantitative estimate of drug-likeness (QED) is 0.679. The van der Waals surface area contributed by atoms with Crippen LogP contribution in [0.15, 0.2) is 0 Å². The van der Waals surface area contributed by atoms with Gasteiger partial charge < -0.3 is 20.3 Å². The molecule has 5 nitrogen and oxygen atoms in total. The third-order valence-electron chi connectivity index (χ3n) is 3.10. The highest BCUT2D eigenvalue weighted by Crippen LogP contribution is 2.16. The molecule has 2 fully saturated rings. The summed E-state index contributed by atoms with van der Waals surface area (Å²) in [5, 5.41) is 6.25. The molecule has 2 N–H and O–H groups in total. The molecule has 5 heteroatoms. The van der Waals surface area contributed by atoms with E-state index in [1.54, 1.807) is 0 Å². The van der Waals surface area contributed by atoms with Crippen molar-refractivity contribution < 1.29 is 9.53 Å². The highest BCUT2D eigenvalue weighted by atomic mass is 16.5. The smallest absolute Gasteiger partial charge is 0.317 e. The van der Waals surface area contributed by atoms with Crippen LogP contribution in [-0.4, -0.2) is 55.9 Å². The van der Waals surface area contributed by atoms with Crippen molar-refractivity contribution in [2.45, 2.75) is 18.9 Å². The van der Waals surface area contributed by atoms with Crippen molar-refractivity contribution in [1.29, 1.82) is 0 Å². The summed E-state index contributed by atoms with van der Waals surface area (Å²) in [5.41, 5.74) is 0.107. The maximum absolute atomic E-state index is 11.2. The van der Waals surface area contributed by atoms with Gasteiger partial charge in [0.1, 0.15) is 0 Å². The third-order valence-corrected chi connectivity index (χ3v) is 3.10. The molecule has 15 heavy (non-hydrogen) atoms. The first kappa shape index (κ1) is 10.7. The summed E-state index contributed by atoms with van der Waals surface area (Å²) in [6, 6.07) is 0.0598. The van der Waals surface area contributed by atoms with Crippen LogP contribution in [-0.2, 0) is 4.74 Å². The summed E-state index contributed by atoms with van der Waals surface area (Å²) in [7, 11) is 0. The van der Waals surface area contributed by atoms with E-state index in [0.717, 1.165) is 45.8 Å². The molecule has 2 saturated heterocycles. The maximum atomic E-state index is 11.2. The Morgan fingerprint density at radius 3 is 3.13 bits per heavy atom. The number of hydrogen-bond acceptors (Lipinski definition) is 3. The standard InChI is InChI=1S/C10H19N3O2/c1-10(2-7-15-8-10)12-4-6-13-5-3-11-9(13)14/h12H,2-8H2,1H3,(H,11,14). The van der Waals surface area contributed by atoms with Gasteiger partial charge in [-0.2, -0.15) is 0 Å². The van der Waals surface area contributed by atoms with Crippen LogP contribution < -0.4 is 10.6 Å². The second kappa shape index (κ2) is 4.37. The van der Waals surface area contributed by atoms with Gasteiger partial charge in [-0.25, -0.2) is 4.79 Å². The molecule has 2 rings (SSSR count). The van der Waals surface area contributed by atoms with Crippen molar-refractivity contribution in [1.82, 2.24) is 15.5 Å². The molecule has 0 aromatic heterocycles. The highest BCUT2D eigenvalue weighted by Gasteiger charge is 2.29. The molecule has 0 aromatic carbocycles. The Bertz CT molecular complexity index is 239. The van der Waals surface area contributed by atoms with Gasteiger partial charge in [0.2, 0.25) is 0 Å². The largest absolute Gasteiger partial charge is 0.379 e. The van der Waals surface area contributed by atoms with Crippen molar-refractivity contribution in [2.24, 2.45) is 0 Å². The Balaban J connectivity index is 1.68.